The van der Waals surface area contributed by atoms with Crippen molar-refractivity contribution in [2.45, 2.75) is 65.2 Å². The van der Waals surface area contributed by atoms with Crippen LogP contribution in [-0.4, -0.2) is 11.6 Å². The molecule has 0 aliphatic carbocycles. The number of unbranched alkanes of at least 4 members (excludes halogenated alkanes) is 3. The van der Waals surface area contributed by atoms with Gasteiger partial charge in [0.2, 0.25) is 0 Å². The highest BCUT2D eigenvalue weighted by molar-refractivity contribution is 5.59. The molecule has 158 valence electrons. The van der Waals surface area contributed by atoms with Crippen molar-refractivity contribution in [1.82, 2.24) is 4.98 Å². The summed E-state index contributed by atoms with van der Waals surface area (Å²) in [5, 5.41) is 0. The summed E-state index contributed by atoms with van der Waals surface area (Å²) in [6.07, 6.45) is 11.5. The van der Waals surface area contributed by atoms with E-state index in [2.05, 4.69) is 79.5 Å². The van der Waals surface area contributed by atoms with Crippen molar-refractivity contribution >= 4 is 0 Å². The summed E-state index contributed by atoms with van der Waals surface area (Å²) >= 11 is 0. The van der Waals surface area contributed by atoms with Crippen molar-refractivity contribution in [2.75, 3.05) is 6.61 Å². The summed E-state index contributed by atoms with van der Waals surface area (Å²) < 4.78 is 5.66. The molecule has 0 saturated carbocycles. The fourth-order valence-electron chi connectivity index (χ4n) is 3.60. The highest BCUT2D eigenvalue weighted by Gasteiger charge is 2.02. The molecule has 3 aromatic rings. The maximum atomic E-state index is 5.66. The van der Waals surface area contributed by atoms with Crippen LogP contribution in [0.5, 0.6) is 5.75 Å². The molecule has 0 aliphatic rings. The molecule has 1 heterocycles. The largest absolute Gasteiger partial charge is 0.494 e. The lowest BCUT2D eigenvalue weighted by molar-refractivity contribution is 0.317. The molecule has 2 aromatic carbocycles. The Balaban J connectivity index is 1.49. The van der Waals surface area contributed by atoms with E-state index in [0.29, 0.717) is 0 Å². The molecule has 1 aromatic heterocycles. The minimum Gasteiger partial charge on any atom is -0.494 e. The summed E-state index contributed by atoms with van der Waals surface area (Å²) in [4.78, 5) is 4.69. The Morgan fingerprint density at radius 1 is 0.633 bits per heavy atom. The van der Waals surface area contributed by atoms with Crippen LogP contribution < -0.4 is 4.74 Å². The van der Waals surface area contributed by atoms with Crippen LogP contribution in [0.4, 0.5) is 0 Å². The van der Waals surface area contributed by atoms with Gasteiger partial charge in [-0.25, -0.2) is 0 Å². The second-order valence-electron chi connectivity index (χ2n) is 8.05. The summed E-state index contributed by atoms with van der Waals surface area (Å²) in [5.74, 6) is 0.962. The van der Waals surface area contributed by atoms with Gasteiger partial charge in [0.15, 0.2) is 0 Å². The summed E-state index contributed by atoms with van der Waals surface area (Å²) in [6, 6.07) is 21.7. The Morgan fingerprint density at radius 3 is 1.90 bits per heavy atom. The number of nitrogens with zero attached hydrogens (tertiary/aromatic N) is 1. The molecule has 0 spiro atoms. The maximum Gasteiger partial charge on any atom is 0.119 e. The summed E-state index contributed by atoms with van der Waals surface area (Å²) in [6.45, 7) is 5.16. The average Bonchev–Trinajstić information content (AvgIpc) is 2.81. The van der Waals surface area contributed by atoms with Gasteiger partial charge in [0.25, 0.3) is 0 Å². The van der Waals surface area contributed by atoms with Crippen LogP contribution >= 0.6 is 0 Å². The van der Waals surface area contributed by atoms with Gasteiger partial charge in [-0.3, -0.25) is 4.98 Å². The van der Waals surface area contributed by atoms with E-state index in [4.69, 9.17) is 4.74 Å². The molecule has 0 radical (unpaired) electrons. The third-order valence-corrected chi connectivity index (χ3v) is 5.49. The first-order valence-electron chi connectivity index (χ1n) is 11.5. The van der Waals surface area contributed by atoms with Gasteiger partial charge in [0.05, 0.1) is 12.3 Å². The molecular formula is C28H35NO. The Morgan fingerprint density at radius 2 is 1.30 bits per heavy atom. The van der Waals surface area contributed by atoms with Crippen LogP contribution in [0.15, 0.2) is 66.9 Å². The summed E-state index contributed by atoms with van der Waals surface area (Å²) in [7, 11) is 0. The lowest BCUT2D eigenvalue weighted by Gasteiger charge is -2.07. The molecule has 0 fully saturated rings. The Kier molecular flexibility index (Phi) is 8.96. The highest BCUT2D eigenvalue weighted by atomic mass is 16.5. The van der Waals surface area contributed by atoms with Crippen LogP contribution in [0.1, 0.15) is 62.6 Å². The van der Waals surface area contributed by atoms with Crippen molar-refractivity contribution in [3.05, 3.63) is 83.6 Å². The van der Waals surface area contributed by atoms with E-state index in [1.54, 1.807) is 0 Å². The van der Waals surface area contributed by atoms with E-state index in [1.165, 1.54) is 47.9 Å². The second kappa shape index (κ2) is 12.2. The number of hydrogen-bond acceptors (Lipinski definition) is 2. The first kappa shape index (κ1) is 22.1. The van der Waals surface area contributed by atoms with Gasteiger partial charge in [-0.15, -0.1) is 0 Å². The van der Waals surface area contributed by atoms with Gasteiger partial charge in [-0.1, -0.05) is 75.6 Å². The quantitative estimate of drug-likeness (QED) is 0.294. The van der Waals surface area contributed by atoms with E-state index in [1.807, 2.05) is 6.20 Å². The Hall–Kier alpha value is -2.61. The van der Waals surface area contributed by atoms with Gasteiger partial charge in [0.1, 0.15) is 5.75 Å². The third kappa shape index (κ3) is 7.02. The van der Waals surface area contributed by atoms with E-state index >= 15 is 0 Å². The van der Waals surface area contributed by atoms with Crippen molar-refractivity contribution in [3.8, 4) is 17.0 Å². The van der Waals surface area contributed by atoms with E-state index in [0.717, 1.165) is 43.7 Å². The molecule has 2 nitrogen and oxygen atoms in total. The summed E-state index contributed by atoms with van der Waals surface area (Å²) in [5.41, 5.74) is 6.30. The molecule has 0 N–H and O–H groups in total. The van der Waals surface area contributed by atoms with E-state index in [-0.39, 0.29) is 0 Å². The third-order valence-electron chi connectivity index (χ3n) is 5.49. The normalized spacial score (nSPS) is 10.9. The van der Waals surface area contributed by atoms with E-state index in [9.17, 15) is 0 Å². The van der Waals surface area contributed by atoms with Gasteiger partial charge >= 0.3 is 0 Å². The van der Waals surface area contributed by atoms with Gasteiger partial charge in [-0.2, -0.15) is 0 Å². The monoisotopic (exact) mass is 401 g/mol. The number of benzene rings is 2. The lowest BCUT2D eigenvalue weighted by atomic mass is 10.0. The molecule has 0 unspecified atom stereocenters. The van der Waals surface area contributed by atoms with Crippen LogP contribution in [0.3, 0.4) is 0 Å². The smallest absolute Gasteiger partial charge is 0.119 e. The predicted molar refractivity (Wildman–Crippen MR) is 127 cm³/mol. The second-order valence-corrected chi connectivity index (χ2v) is 8.05. The van der Waals surface area contributed by atoms with Crippen molar-refractivity contribution in [3.63, 3.8) is 0 Å². The van der Waals surface area contributed by atoms with Crippen molar-refractivity contribution in [1.29, 1.82) is 0 Å². The number of hydrogen-bond donors (Lipinski definition) is 0. The minimum absolute atomic E-state index is 0.780. The molecule has 3 rings (SSSR count). The topological polar surface area (TPSA) is 22.1 Å². The molecule has 0 aliphatic heterocycles. The number of pyridine rings is 1. The molecule has 30 heavy (non-hydrogen) atoms. The van der Waals surface area contributed by atoms with Gasteiger partial charge in [0, 0.05) is 11.8 Å². The zero-order valence-corrected chi connectivity index (χ0v) is 18.6. The lowest BCUT2D eigenvalue weighted by Crippen LogP contribution is -1.96. The van der Waals surface area contributed by atoms with Crippen LogP contribution in [-0.2, 0) is 19.3 Å². The highest BCUT2D eigenvalue weighted by Crippen LogP contribution is 2.20. The number of ether oxygens (including phenoxy) is 1. The predicted octanol–water partition coefficient (Wildman–Crippen LogP) is 7.45. The molecule has 0 bridgehead atoms. The molecule has 0 atom stereocenters. The Bertz CT molecular complexity index is 851. The zero-order chi connectivity index (χ0) is 21.0. The standard InChI is InChI=1S/C28H35NO/c1-3-5-6-7-8-25-15-20-28(29-22-25)26-16-11-23(12-17-26)9-10-24-13-18-27(19-14-24)30-21-4-2/h11-20,22H,3-10,21H2,1-2H3. The van der Waals surface area contributed by atoms with Gasteiger partial charge in [-0.05, 0) is 67.0 Å². The maximum absolute atomic E-state index is 5.66. The number of rotatable bonds is 12. The number of aryl methyl sites for hydroxylation is 3. The minimum atomic E-state index is 0.780. The number of aromatic nitrogens is 1. The average molecular weight is 402 g/mol. The zero-order valence-electron chi connectivity index (χ0n) is 18.6. The molecule has 2 heteroatoms. The molecule has 0 amide bonds. The van der Waals surface area contributed by atoms with Crippen LogP contribution in [0.25, 0.3) is 11.3 Å². The molecule has 0 saturated heterocycles. The van der Waals surface area contributed by atoms with Crippen LogP contribution in [0, 0.1) is 0 Å². The van der Waals surface area contributed by atoms with E-state index < -0.39 is 0 Å². The van der Waals surface area contributed by atoms with Crippen molar-refractivity contribution < 1.29 is 4.74 Å². The first-order chi connectivity index (χ1) is 14.8. The van der Waals surface area contributed by atoms with Gasteiger partial charge < -0.3 is 4.74 Å². The Labute approximate surface area is 182 Å². The van der Waals surface area contributed by atoms with Crippen LogP contribution in [0.2, 0.25) is 0 Å². The SMILES string of the molecule is CCCCCCc1ccc(-c2ccc(CCc3ccc(OCCC)cc3)cc2)nc1. The fraction of sp³-hybridized carbons (Fsp3) is 0.393. The fourth-order valence-corrected chi connectivity index (χ4v) is 3.60. The van der Waals surface area contributed by atoms with Crippen molar-refractivity contribution in [2.24, 2.45) is 0 Å². The first-order valence-corrected chi connectivity index (χ1v) is 11.5. The molecular weight excluding hydrogens is 366 g/mol.